The second-order valence-electron chi connectivity index (χ2n) is 7.00. The molecule has 3 aromatic carbocycles. The molecule has 0 unspecified atom stereocenters. The minimum absolute atomic E-state index is 0.0868. The molecule has 1 amide bonds. The second kappa shape index (κ2) is 12.1. The van der Waals surface area contributed by atoms with E-state index in [1.807, 2.05) is 37.3 Å². The van der Waals surface area contributed by atoms with Crippen LogP contribution in [0.2, 0.25) is 5.02 Å². The number of rotatable bonds is 9. The van der Waals surface area contributed by atoms with Gasteiger partial charge >= 0.3 is 0 Å². The third-order valence-corrected chi connectivity index (χ3v) is 5.74. The molecule has 0 atom stereocenters. The third kappa shape index (κ3) is 6.53. The number of nitrogens with one attached hydrogen (secondary N) is 1. The molecule has 34 heavy (non-hydrogen) atoms. The average molecular weight is 542 g/mol. The Hall–Kier alpha value is -3.47. The number of anilines is 1. The Morgan fingerprint density at radius 1 is 1.15 bits per heavy atom. The predicted octanol–water partition coefficient (Wildman–Crippen LogP) is 6.63. The summed E-state index contributed by atoms with van der Waals surface area (Å²) in [6.45, 7) is 2.51. The first-order valence-electron chi connectivity index (χ1n) is 10.3. The number of nitriles is 1. The first-order valence-corrected chi connectivity index (χ1v) is 11.5. The number of methoxy groups -OCH3 is 1. The summed E-state index contributed by atoms with van der Waals surface area (Å²) in [5.41, 5.74) is 1.93. The highest BCUT2D eigenvalue weighted by molar-refractivity contribution is 9.10. The molecule has 174 valence electrons. The lowest BCUT2D eigenvalue weighted by molar-refractivity contribution is -0.112. The van der Waals surface area contributed by atoms with Gasteiger partial charge in [0, 0.05) is 15.7 Å². The van der Waals surface area contributed by atoms with E-state index in [9.17, 15) is 10.1 Å². The summed E-state index contributed by atoms with van der Waals surface area (Å²) in [7, 11) is 1.56. The number of ether oxygens (including phenoxy) is 3. The standard InChI is InChI=1S/C26H22BrClN2O4/c1-3-33-24-14-17(13-23(28)25(24)34-16-18-6-4-5-7-22(18)27)12-19(15-29)26(31)30-20-8-10-21(32-2)11-9-20/h4-14H,3,16H2,1-2H3,(H,30,31)/b19-12+. The highest BCUT2D eigenvalue weighted by atomic mass is 79.9. The number of benzene rings is 3. The lowest BCUT2D eigenvalue weighted by atomic mass is 10.1. The molecule has 0 fully saturated rings. The van der Waals surface area contributed by atoms with Crippen LogP contribution in [-0.2, 0) is 11.4 Å². The minimum Gasteiger partial charge on any atom is -0.497 e. The van der Waals surface area contributed by atoms with Crippen LogP contribution in [0.4, 0.5) is 5.69 Å². The largest absolute Gasteiger partial charge is 0.497 e. The summed E-state index contributed by atoms with van der Waals surface area (Å²) in [5, 5.41) is 12.6. The first kappa shape index (κ1) is 25.2. The molecule has 0 aliphatic heterocycles. The monoisotopic (exact) mass is 540 g/mol. The molecule has 0 saturated heterocycles. The number of hydrogen-bond donors (Lipinski definition) is 1. The Labute approximate surface area is 211 Å². The molecule has 0 aliphatic carbocycles. The summed E-state index contributed by atoms with van der Waals surface area (Å²) < 4.78 is 17.7. The fourth-order valence-electron chi connectivity index (χ4n) is 3.03. The Morgan fingerprint density at radius 3 is 2.53 bits per heavy atom. The van der Waals surface area contributed by atoms with Crippen molar-refractivity contribution in [3.8, 4) is 23.3 Å². The quantitative estimate of drug-likeness (QED) is 0.243. The maximum atomic E-state index is 12.6. The first-order chi connectivity index (χ1) is 16.4. The van der Waals surface area contributed by atoms with Gasteiger partial charge in [0.15, 0.2) is 11.5 Å². The molecular formula is C26H22BrClN2O4. The molecule has 0 saturated carbocycles. The lowest BCUT2D eigenvalue weighted by Crippen LogP contribution is -2.13. The molecule has 0 radical (unpaired) electrons. The van der Waals surface area contributed by atoms with Crippen LogP contribution in [0.15, 0.2) is 70.7 Å². The van der Waals surface area contributed by atoms with Crippen molar-refractivity contribution in [3.05, 3.63) is 86.9 Å². The molecule has 0 aliphatic rings. The van der Waals surface area contributed by atoms with Gasteiger partial charge in [-0.15, -0.1) is 0 Å². The molecule has 3 aromatic rings. The van der Waals surface area contributed by atoms with Gasteiger partial charge in [0.25, 0.3) is 5.91 Å². The topological polar surface area (TPSA) is 80.6 Å². The van der Waals surface area contributed by atoms with Crippen molar-refractivity contribution in [3.63, 3.8) is 0 Å². The third-order valence-electron chi connectivity index (χ3n) is 4.69. The number of carbonyl (C=O) groups excluding carboxylic acids is 1. The smallest absolute Gasteiger partial charge is 0.266 e. The minimum atomic E-state index is -0.545. The van der Waals surface area contributed by atoms with Gasteiger partial charge in [-0.3, -0.25) is 4.79 Å². The van der Waals surface area contributed by atoms with E-state index in [1.54, 1.807) is 43.5 Å². The molecule has 1 N–H and O–H groups in total. The molecular weight excluding hydrogens is 520 g/mol. The van der Waals surface area contributed by atoms with Crippen molar-refractivity contribution in [2.75, 3.05) is 19.0 Å². The molecule has 0 bridgehead atoms. The molecule has 3 rings (SSSR count). The van der Waals surface area contributed by atoms with E-state index < -0.39 is 5.91 Å². The van der Waals surface area contributed by atoms with Gasteiger partial charge in [-0.1, -0.05) is 45.7 Å². The van der Waals surface area contributed by atoms with Gasteiger partial charge in [-0.25, -0.2) is 0 Å². The van der Waals surface area contributed by atoms with Crippen molar-refractivity contribution in [2.45, 2.75) is 13.5 Å². The zero-order valence-electron chi connectivity index (χ0n) is 18.6. The van der Waals surface area contributed by atoms with Crippen molar-refractivity contribution in [1.29, 1.82) is 5.26 Å². The maximum Gasteiger partial charge on any atom is 0.266 e. The highest BCUT2D eigenvalue weighted by Crippen LogP contribution is 2.38. The number of carbonyl (C=O) groups is 1. The Kier molecular flexibility index (Phi) is 8.97. The Bertz CT molecular complexity index is 1240. The number of nitrogens with zero attached hydrogens (tertiary/aromatic N) is 1. The fourth-order valence-corrected chi connectivity index (χ4v) is 3.70. The van der Waals surface area contributed by atoms with Crippen LogP contribution in [0.1, 0.15) is 18.1 Å². The van der Waals surface area contributed by atoms with E-state index in [2.05, 4.69) is 21.2 Å². The Morgan fingerprint density at radius 2 is 1.88 bits per heavy atom. The van der Waals surface area contributed by atoms with Crippen molar-refractivity contribution in [1.82, 2.24) is 0 Å². The predicted molar refractivity (Wildman–Crippen MR) is 136 cm³/mol. The molecule has 0 aromatic heterocycles. The van der Waals surface area contributed by atoms with E-state index in [1.165, 1.54) is 6.08 Å². The van der Waals surface area contributed by atoms with Gasteiger partial charge in [-0.2, -0.15) is 5.26 Å². The zero-order chi connectivity index (χ0) is 24.5. The average Bonchev–Trinajstić information content (AvgIpc) is 2.83. The molecule has 6 nitrogen and oxygen atoms in total. The van der Waals surface area contributed by atoms with Gasteiger partial charge in [0.1, 0.15) is 24.0 Å². The second-order valence-corrected chi connectivity index (χ2v) is 8.26. The summed E-state index contributed by atoms with van der Waals surface area (Å²) in [6, 6.07) is 19.8. The summed E-state index contributed by atoms with van der Waals surface area (Å²) in [6.07, 6.45) is 1.45. The van der Waals surface area contributed by atoms with Gasteiger partial charge < -0.3 is 19.5 Å². The van der Waals surface area contributed by atoms with E-state index in [0.717, 1.165) is 10.0 Å². The number of amides is 1. The van der Waals surface area contributed by atoms with Gasteiger partial charge in [0.2, 0.25) is 0 Å². The van der Waals surface area contributed by atoms with Crippen molar-refractivity contribution in [2.24, 2.45) is 0 Å². The van der Waals surface area contributed by atoms with E-state index in [0.29, 0.717) is 40.1 Å². The summed E-state index contributed by atoms with van der Waals surface area (Å²) >= 11 is 10.0. The van der Waals surface area contributed by atoms with Gasteiger partial charge in [-0.05, 0) is 61.0 Å². The zero-order valence-corrected chi connectivity index (χ0v) is 20.9. The van der Waals surface area contributed by atoms with Crippen molar-refractivity contribution >= 4 is 45.2 Å². The van der Waals surface area contributed by atoms with Crippen LogP contribution in [-0.4, -0.2) is 19.6 Å². The normalized spacial score (nSPS) is 10.9. The SMILES string of the molecule is CCOc1cc(/C=C(\C#N)C(=O)Nc2ccc(OC)cc2)cc(Cl)c1OCc1ccccc1Br. The van der Waals surface area contributed by atoms with Crippen LogP contribution in [0.3, 0.4) is 0 Å². The van der Waals surface area contributed by atoms with Crippen LogP contribution in [0.5, 0.6) is 17.2 Å². The fraction of sp³-hybridized carbons (Fsp3) is 0.154. The number of halogens is 2. The summed E-state index contributed by atoms with van der Waals surface area (Å²) in [4.78, 5) is 12.6. The van der Waals surface area contributed by atoms with E-state index in [-0.39, 0.29) is 12.2 Å². The molecule has 0 spiro atoms. The Balaban J connectivity index is 1.83. The van der Waals surface area contributed by atoms with Crippen LogP contribution in [0, 0.1) is 11.3 Å². The maximum absolute atomic E-state index is 12.6. The summed E-state index contributed by atoms with van der Waals surface area (Å²) in [5.74, 6) is 0.920. The molecule has 0 heterocycles. The number of hydrogen-bond acceptors (Lipinski definition) is 5. The highest BCUT2D eigenvalue weighted by Gasteiger charge is 2.15. The van der Waals surface area contributed by atoms with Crippen LogP contribution < -0.4 is 19.5 Å². The van der Waals surface area contributed by atoms with Crippen LogP contribution in [0.25, 0.3) is 6.08 Å². The van der Waals surface area contributed by atoms with E-state index >= 15 is 0 Å². The molecule has 8 heteroatoms. The van der Waals surface area contributed by atoms with Crippen molar-refractivity contribution < 1.29 is 19.0 Å². The lowest BCUT2D eigenvalue weighted by Gasteiger charge is -2.15. The van der Waals surface area contributed by atoms with E-state index in [4.69, 9.17) is 25.8 Å². The van der Waals surface area contributed by atoms with Gasteiger partial charge in [0.05, 0.1) is 18.7 Å². The van der Waals surface area contributed by atoms with Crippen LogP contribution >= 0.6 is 27.5 Å².